The van der Waals surface area contributed by atoms with Gasteiger partial charge in [-0.15, -0.1) is 0 Å². The molecule has 0 unspecified atom stereocenters. The van der Waals surface area contributed by atoms with Crippen molar-refractivity contribution in [3.8, 4) is 0 Å². The second kappa shape index (κ2) is 6.34. The quantitative estimate of drug-likeness (QED) is 0.746. The zero-order valence-electron chi connectivity index (χ0n) is 11.2. The van der Waals surface area contributed by atoms with Gasteiger partial charge in [0.25, 0.3) is 0 Å². The maximum absolute atomic E-state index is 6.08. The SMILES string of the molecule is S=C(Nc1ccc(Br)c(Cl)c1)NC1Cc2ccccc2C1. The van der Waals surface area contributed by atoms with Crippen LogP contribution in [0.1, 0.15) is 11.1 Å². The zero-order chi connectivity index (χ0) is 14.8. The fraction of sp³-hybridized carbons (Fsp3) is 0.188. The summed E-state index contributed by atoms with van der Waals surface area (Å²) in [6.07, 6.45) is 2.03. The number of hydrogen-bond acceptors (Lipinski definition) is 1. The smallest absolute Gasteiger partial charge is 0.171 e. The lowest BCUT2D eigenvalue weighted by atomic mass is 10.1. The average Bonchev–Trinajstić information content (AvgIpc) is 2.84. The molecule has 0 fully saturated rings. The lowest BCUT2D eigenvalue weighted by Crippen LogP contribution is -2.38. The van der Waals surface area contributed by atoms with Crippen molar-refractivity contribution in [2.24, 2.45) is 0 Å². The summed E-state index contributed by atoms with van der Waals surface area (Å²) in [7, 11) is 0. The van der Waals surface area contributed by atoms with Gasteiger partial charge in [0.2, 0.25) is 0 Å². The molecule has 2 aromatic carbocycles. The molecule has 5 heteroatoms. The number of benzene rings is 2. The van der Waals surface area contributed by atoms with Crippen LogP contribution in [-0.4, -0.2) is 11.2 Å². The first kappa shape index (κ1) is 14.8. The Hall–Kier alpha value is -1.10. The summed E-state index contributed by atoms with van der Waals surface area (Å²) in [6, 6.07) is 14.6. The van der Waals surface area contributed by atoms with E-state index in [4.69, 9.17) is 23.8 Å². The van der Waals surface area contributed by atoms with E-state index in [1.54, 1.807) is 0 Å². The fourth-order valence-corrected chi connectivity index (χ4v) is 3.30. The van der Waals surface area contributed by atoms with E-state index in [2.05, 4.69) is 50.8 Å². The molecule has 0 heterocycles. The summed E-state index contributed by atoms with van der Waals surface area (Å²) in [5.41, 5.74) is 3.70. The summed E-state index contributed by atoms with van der Waals surface area (Å²) < 4.78 is 0.875. The Labute approximate surface area is 143 Å². The molecule has 0 atom stereocenters. The predicted octanol–water partition coefficient (Wildman–Crippen LogP) is 4.56. The highest BCUT2D eigenvalue weighted by Gasteiger charge is 2.21. The first-order valence-electron chi connectivity index (χ1n) is 6.71. The van der Waals surface area contributed by atoms with Gasteiger partial charge in [-0.2, -0.15) is 0 Å². The lowest BCUT2D eigenvalue weighted by Gasteiger charge is -2.16. The monoisotopic (exact) mass is 380 g/mol. The Bertz CT molecular complexity index is 665. The molecular weight excluding hydrogens is 368 g/mol. The Balaban J connectivity index is 1.59. The highest BCUT2D eigenvalue weighted by molar-refractivity contribution is 9.10. The van der Waals surface area contributed by atoms with Gasteiger partial charge in [0, 0.05) is 16.2 Å². The van der Waals surface area contributed by atoms with Crippen molar-refractivity contribution < 1.29 is 0 Å². The maximum atomic E-state index is 6.08. The van der Waals surface area contributed by atoms with E-state index in [1.165, 1.54) is 11.1 Å². The summed E-state index contributed by atoms with van der Waals surface area (Å²) >= 11 is 14.8. The number of nitrogens with one attached hydrogen (secondary N) is 2. The van der Waals surface area contributed by atoms with Crippen molar-refractivity contribution in [2.45, 2.75) is 18.9 Å². The highest BCUT2D eigenvalue weighted by atomic mass is 79.9. The van der Waals surface area contributed by atoms with Crippen molar-refractivity contribution in [1.82, 2.24) is 5.32 Å². The molecule has 0 amide bonds. The second-order valence-corrected chi connectivity index (χ2v) is 6.77. The third-order valence-corrected chi connectivity index (χ3v) is 5.02. The van der Waals surface area contributed by atoms with Crippen molar-refractivity contribution >= 4 is 50.5 Å². The molecule has 1 aliphatic carbocycles. The van der Waals surface area contributed by atoms with E-state index in [0.717, 1.165) is 23.0 Å². The van der Waals surface area contributed by atoms with Crippen molar-refractivity contribution in [2.75, 3.05) is 5.32 Å². The second-order valence-electron chi connectivity index (χ2n) is 5.10. The lowest BCUT2D eigenvalue weighted by molar-refractivity contribution is 0.648. The van der Waals surface area contributed by atoms with Crippen LogP contribution in [0.4, 0.5) is 5.69 Å². The molecule has 2 N–H and O–H groups in total. The molecule has 2 aromatic rings. The van der Waals surface area contributed by atoms with E-state index < -0.39 is 0 Å². The van der Waals surface area contributed by atoms with Crippen LogP contribution in [0, 0.1) is 0 Å². The third-order valence-electron chi connectivity index (χ3n) is 3.56. The van der Waals surface area contributed by atoms with Gasteiger partial charge in [-0.3, -0.25) is 0 Å². The molecule has 2 nitrogen and oxygen atoms in total. The molecule has 108 valence electrons. The van der Waals surface area contributed by atoms with Crippen molar-refractivity contribution in [3.63, 3.8) is 0 Å². The van der Waals surface area contributed by atoms with Crippen LogP contribution >= 0.6 is 39.7 Å². The molecule has 3 rings (SSSR count). The van der Waals surface area contributed by atoms with Crippen LogP contribution in [0.3, 0.4) is 0 Å². The molecule has 0 spiro atoms. The van der Waals surface area contributed by atoms with Gasteiger partial charge < -0.3 is 10.6 Å². The van der Waals surface area contributed by atoms with Gasteiger partial charge in [-0.25, -0.2) is 0 Å². The number of hydrogen-bond donors (Lipinski definition) is 2. The maximum Gasteiger partial charge on any atom is 0.171 e. The van der Waals surface area contributed by atoms with Gasteiger partial charge in [0.05, 0.1) is 5.02 Å². The molecular formula is C16H14BrClN2S. The van der Waals surface area contributed by atoms with Crippen LogP contribution in [0.5, 0.6) is 0 Å². The van der Waals surface area contributed by atoms with E-state index >= 15 is 0 Å². The van der Waals surface area contributed by atoms with E-state index in [-0.39, 0.29) is 0 Å². The minimum absolute atomic E-state index is 0.355. The number of fused-ring (bicyclic) bond motifs is 1. The molecule has 21 heavy (non-hydrogen) atoms. The molecule has 0 aliphatic heterocycles. The molecule has 0 aromatic heterocycles. The van der Waals surface area contributed by atoms with E-state index in [9.17, 15) is 0 Å². The Morgan fingerprint density at radius 1 is 1.14 bits per heavy atom. The first-order valence-corrected chi connectivity index (χ1v) is 8.29. The van der Waals surface area contributed by atoms with E-state index in [1.807, 2.05) is 18.2 Å². The van der Waals surface area contributed by atoms with Gasteiger partial charge in [-0.05, 0) is 70.3 Å². The normalized spacial score (nSPS) is 13.8. The molecule has 0 radical (unpaired) electrons. The van der Waals surface area contributed by atoms with Gasteiger partial charge in [0.15, 0.2) is 5.11 Å². The standard InChI is InChI=1S/C16H14BrClN2S/c17-14-6-5-12(9-15(14)18)19-16(21)20-13-7-10-3-1-2-4-11(10)8-13/h1-6,9,13H,7-8H2,(H2,19,20,21). The van der Waals surface area contributed by atoms with E-state index in [0.29, 0.717) is 16.2 Å². The number of halogens is 2. The Morgan fingerprint density at radius 2 is 1.81 bits per heavy atom. The largest absolute Gasteiger partial charge is 0.359 e. The summed E-state index contributed by atoms with van der Waals surface area (Å²) in [5, 5.41) is 7.85. The van der Waals surface area contributed by atoms with Crippen LogP contribution in [0.25, 0.3) is 0 Å². The van der Waals surface area contributed by atoms with Gasteiger partial charge >= 0.3 is 0 Å². The topological polar surface area (TPSA) is 24.1 Å². The number of thiocarbonyl (C=S) groups is 1. The Kier molecular flexibility index (Phi) is 4.48. The van der Waals surface area contributed by atoms with Gasteiger partial charge in [-0.1, -0.05) is 35.9 Å². The zero-order valence-corrected chi connectivity index (χ0v) is 14.4. The number of anilines is 1. The first-order chi connectivity index (χ1) is 10.1. The van der Waals surface area contributed by atoms with Crippen LogP contribution in [0.15, 0.2) is 46.9 Å². The minimum atomic E-state index is 0.355. The van der Waals surface area contributed by atoms with Crippen molar-refractivity contribution in [1.29, 1.82) is 0 Å². The molecule has 0 saturated carbocycles. The molecule has 0 saturated heterocycles. The predicted molar refractivity (Wildman–Crippen MR) is 96.1 cm³/mol. The Morgan fingerprint density at radius 3 is 2.43 bits per heavy atom. The van der Waals surface area contributed by atoms with Gasteiger partial charge in [0.1, 0.15) is 0 Å². The third kappa shape index (κ3) is 3.57. The molecule has 1 aliphatic rings. The summed E-state index contributed by atoms with van der Waals surface area (Å²) in [5.74, 6) is 0. The molecule has 0 bridgehead atoms. The van der Waals surface area contributed by atoms with Crippen LogP contribution in [-0.2, 0) is 12.8 Å². The number of rotatable bonds is 2. The van der Waals surface area contributed by atoms with Crippen LogP contribution < -0.4 is 10.6 Å². The average molecular weight is 382 g/mol. The summed E-state index contributed by atoms with van der Waals surface area (Å²) in [4.78, 5) is 0. The fourth-order valence-electron chi connectivity index (χ4n) is 2.59. The van der Waals surface area contributed by atoms with Crippen molar-refractivity contribution in [3.05, 3.63) is 63.1 Å². The minimum Gasteiger partial charge on any atom is -0.359 e. The summed E-state index contributed by atoms with van der Waals surface area (Å²) in [6.45, 7) is 0. The van der Waals surface area contributed by atoms with Crippen LogP contribution in [0.2, 0.25) is 5.02 Å². The highest BCUT2D eigenvalue weighted by Crippen LogP contribution is 2.26.